The molecule has 4 aromatic heterocycles. The molecule has 0 atom stereocenters. The number of hydrogen-bond acceptors (Lipinski definition) is 4. The molecule has 6 nitrogen and oxygen atoms in total. The first-order chi connectivity index (χ1) is 57.5. The zero-order chi connectivity index (χ0) is 76.6. The zero-order valence-corrected chi connectivity index (χ0v) is 63.2. The largest absolute Gasteiger partial charge is 0.455 e. The van der Waals surface area contributed by atoms with Crippen LogP contribution in [-0.2, 0) is 0 Å². The smallest absolute Gasteiger partial charge is 0.145 e. The third-order valence-electron chi connectivity index (χ3n) is 23.1. The fourth-order valence-electron chi connectivity index (χ4n) is 17.6. The van der Waals surface area contributed by atoms with E-state index in [4.69, 9.17) is 8.83 Å². The Bertz CT molecular complexity index is 7640. The van der Waals surface area contributed by atoms with Crippen molar-refractivity contribution < 1.29 is 8.83 Å². The highest BCUT2D eigenvalue weighted by Crippen LogP contribution is 2.50. The maximum Gasteiger partial charge on any atom is 0.145 e. The van der Waals surface area contributed by atoms with E-state index in [1.165, 1.54) is 65.7 Å². The molecule has 23 rings (SSSR count). The average molecular weight is 1480 g/mol. The number of fused-ring (bicyclic) bond motifs is 16. The summed E-state index contributed by atoms with van der Waals surface area (Å²) < 4.78 is 18.4. The van der Waals surface area contributed by atoms with Gasteiger partial charge < -0.3 is 27.8 Å². The lowest BCUT2D eigenvalue weighted by Crippen LogP contribution is -2.09. The van der Waals surface area contributed by atoms with Crippen LogP contribution in [0.2, 0.25) is 0 Å². The normalized spacial score (nSPS) is 11.6. The van der Waals surface area contributed by atoms with E-state index in [-0.39, 0.29) is 0 Å². The Labute approximate surface area is 670 Å². The molecular weight excluding hydrogens is 1410 g/mol. The van der Waals surface area contributed by atoms with Gasteiger partial charge in [-0.25, -0.2) is 0 Å². The number of benzene rings is 19. The lowest BCUT2D eigenvalue weighted by Gasteiger charge is -2.26. The van der Waals surface area contributed by atoms with E-state index in [2.05, 4.69) is 450 Å². The second-order valence-electron chi connectivity index (χ2n) is 29.9. The van der Waals surface area contributed by atoms with Crippen LogP contribution in [0.4, 0.5) is 34.1 Å². The summed E-state index contributed by atoms with van der Waals surface area (Å²) in [7, 11) is 0. The topological polar surface area (TPSA) is 42.6 Å². The van der Waals surface area contributed by atoms with Gasteiger partial charge in [-0.1, -0.05) is 303 Å². The van der Waals surface area contributed by atoms with Crippen molar-refractivity contribution in [1.29, 1.82) is 0 Å². The van der Waals surface area contributed by atoms with Gasteiger partial charge in [0.1, 0.15) is 22.3 Å². The number of para-hydroxylation sites is 6. The van der Waals surface area contributed by atoms with Crippen molar-refractivity contribution in [1.82, 2.24) is 9.13 Å². The van der Waals surface area contributed by atoms with Crippen LogP contribution in [0, 0.1) is 0 Å². The van der Waals surface area contributed by atoms with Crippen molar-refractivity contribution in [3.05, 3.63) is 437 Å². The van der Waals surface area contributed by atoms with Crippen molar-refractivity contribution in [2.45, 2.75) is 0 Å². The van der Waals surface area contributed by atoms with Gasteiger partial charge in [0, 0.05) is 88.9 Å². The lowest BCUT2D eigenvalue weighted by atomic mass is 9.97. The Morgan fingerprint density at radius 2 is 0.466 bits per heavy atom. The third-order valence-corrected chi connectivity index (χ3v) is 23.1. The highest BCUT2D eigenvalue weighted by Gasteiger charge is 2.27. The van der Waals surface area contributed by atoms with E-state index >= 15 is 0 Å². The summed E-state index contributed by atoms with van der Waals surface area (Å²) in [6.45, 7) is 0. The zero-order valence-electron chi connectivity index (χ0n) is 63.2. The van der Waals surface area contributed by atoms with Crippen LogP contribution in [0.5, 0.6) is 0 Å². The average Bonchev–Trinajstić information content (AvgIpc) is 1.55. The van der Waals surface area contributed by atoms with Gasteiger partial charge >= 0.3 is 0 Å². The molecule has 0 amide bonds. The Balaban J connectivity index is 0.000000141. The Kier molecular flexibility index (Phi) is 16.5. The lowest BCUT2D eigenvalue weighted by molar-refractivity contribution is 0.672. The quantitative estimate of drug-likeness (QED) is 0.115. The van der Waals surface area contributed by atoms with Crippen molar-refractivity contribution >= 4 is 143 Å². The van der Waals surface area contributed by atoms with Gasteiger partial charge in [-0.3, -0.25) is 0 Å². The maximum absolute atomic E-state index is 6.77. The Hall–Kier alpha value is -15.5. The Morgan fingerprint density at radius 3 is 0.836 bits per heavy atom. The molecule has 0 aliphatic rings. The summed E-state index contributed by atoms with van der Waals surface area (Å²) in [5, 5.41) is 13.9. The molecule has 4 heterocycles. The molecule has 0 spiro atoms. The van der Waals surface area contributed by atoms with E-state index in [0.29, 0.717) is 0 Å². The van der Waals surface area contributed by atoms with Gasteiger partial charge in [-0.2, -0.15) is 0 Å². The SMILES string of the molecule is c1ccc(-c2ccc(-c3ccc(N(c4ccccc4)c4ccc(-c5cc6c7ccccc7oc6c6c7ccccc7n(-c7ccc8ccccc8c7)c56)cc4)cc3)cc2)cc1.c1ccc(-c2ccc(N(c3ccccc3)c3ccc(-c4cc5c6ccccc6oc5c5c6ccccc6n(-c6ccc7ccccc7c6)c45)cc3)cc2)cc1. The second-order valence-corrected chi connectivity index (χ2v) is 29.9. The molecule has 0 radical (unpaired) electrons. The molecule has 0 N–H and O–H groups in total. The summed E-state index contributed by atoms with van der Waals surface area (Å²) in [5.41, 5.74) is 28.8. The van der Waals surface area contributed by atoms with Crippen LogP contribution < -0.4 is 9.80 Å². The minimum atomic E-state index is 0.891. The molecule has 0 fully saturated rings. The first kappa shape index (κ1) is 67.4. The number of nitrogens with zero attached hydrogens (tertiary/aromatic N) is 4. The van der Waals surface area contributed by atoms with Crippen molar-refractivity contribution in [2.75, 3.05) is 9.80 Å². The summed E-state index contributed by atoms with van der Waals surface area (Å²) in [6, 6.07) is 157. The molecule has 0 bridgehead atoms. The molecule has 0 aliphatic heterocycles. The summed E-state index contributed by atoms with van der Waals surface area (Å²) in [4.78, 5) is 4.66. The molecule has 6 heteroatoms. The number of rotatable bonds is 13. The molecule has 0 saturated carbocycles. The molecule has 116 heavy (non-hydrogen) atoms. The van der Waals surface area contributed by atoms with Crippen molar-refractivity contribution in [3.63, 3.8) is 0 Å². The second kappa shape index (κ2) is 28.4. The monoisotopic (exact) mass is 1480 g/mol. The van der Waals surface area contributed by atoms with Crippen LogP contribution >= 0.6 is 0 Å². The number of hydrogen-bond donors (Lipinski definition) is 0. The molecule has 0 saturated heterocycles. The molecule has 0 aliphatic carbocycles. The molecule has 544 valence electrons. The molecule has 23 aromatic rings. The standard InChI is InChI=1S/C58H38N2O.C52H34N2O/c1-3-13-39(14-4-1)41-23-25-42(26-24-41)43-27-32-47(33-28-43)59(46-17-5-2-6-18-46)48-34-30-44(31-35-48)52-38-53-50-19-10-12-22-55(50)61-58(53)56-51-20-9-11-21-54(51)60(57(52)56)49-36-29-40-15-7-8-16-45(40)37-49;1-3-13-35(14-4-1)37-23-28-41(29-24-37)53(40-17-5-2-6-18-40)42-30-26-38(27-31-42)46-34-47-44-19-10-12-22-49(44)55-52(47)50-45-20-9-11-21-48(45)54(51(46)50)43-32-25-36-15-7-8-16-39(36)33-43/h1-38H;1-34H. The van der Waals surface area contributed by atoms with Gasteiger partial charge in [0.25, 0.3) is 0 Å². The van der Waals surface area contributed by atoms with E-state index in [0.717, 1.165) is 144 Å². The highest BCUT2D eigenvalue weighted by atomic mass is 16.3. The first-order valence-corrected chi connectivity index (χ1v) is 39.6. The van der Waals surface area contributed by atoms with Gasteiger partial charge in [0.15, 0.2) is 0 Å². The van der Waals surface area contributed by atoms with Gasteiger partial charge in [-0.15, -0.1) is 0 Å². The van der Waals surface area contributed by atoms with Crippen LogP contribution in [0.1, 0.15) is 0 Å². The highest BCUT2D eigenvalue weighted by molar-refractivity contribution is 6.29. The fourth-order valence-corrected chi connectivity index (χ4v) is 17.6. The van der Waals surface area contributed by atoms with E-state index in [1.54, 1.807) is 0 Å². The predicted octanol–water partition coefficient (Wildman–Crippen LogP) is 30.9. The maximum atomic E-state index is 6.77. The van der Waals surface area contributed by atoms with Crippen LogP contribution in [0.3, 0.4) is 0 Å². The number of aromatic nitrogens is 2. The number of furan rings is 2. The van der Waals surface area contributed by atoms with Crippen molar-refractivity contribution in [2.24, 2.45) is 0 Å². The van der Waals surface area contributed by atoms with Gasteiger partial charge in [0.2, 0.25) is 0 Å². The summed E-state index contributed by atoms with van der Waals surface area (Å²) in [6.07, 6.45) is 0. The fraction of sp³-hybridized carbons (Fsp3) is 0. The van der Waals surface area contributed by atoms with Crippen LogP contribution in [-0.4, -0.2) is 9.13 Å². The van der Waals surface area contributed by atoms with E-state index < -0.39 is 0 Å². The Morgan fingerprint density at radius 1 is 0.190 bits per heavy atom. The van der Waals surface area contributed by atoms with Gasteiger partial charge in [0.05, 0.1) is 32.8 Å². The van der Waals surface area contributed by atoms with Crippen molar-refractivity contribution in [3.8, 4) is 67.0 Å². The summed E-state index contributed by atoms with van der Waals surface area (Å²) >= 11 is 0. The minimum Gasteiger partial charge on any atom is -0.455 e. The molecule has 0 unspecified atom stereocenters. The summed E-state index contributed by atoms with van der Waals surface area (Å²) in [5.74, 6) is 0. The first-order valence-electron chi connectivity index (χ1n) is 39.6. The van der Waals surface area contributed by atoms with Crippen LogP contribution in [0.15, 0.2) is 446 Å². The van der Waals surface area contributed by atoms with E-state index in [1.807, 2.05) is 6.07 Å². The van der Waals surface area contributed by atoms with Gasteiger partial charge in [-0.05, 0) is 200 Å². The van der Waals surface area contributed by atoms with Crippen LogP contribution in [0.25, 0.3) is 176 Å². The number of anilines is 6. The molecular formula is C110H72N4O2. The predicted molar refractivity (Wildman–Crippen MR) is 488 cm³/mol. The molecule has 19 aromatic carbocycles. The van der Waals surface area contributed by atoms with E-state index in [9.17, 15) is 0 Å². The third kappa shape index (κ3) is 11.7. The minimum absolute atomic E-state index is 0.891.